The van der Waals surface area contributed by atoms with E-state index in [0.717, 1.165) is 44.9 Å². The molecule has 0 aliphatic heterocycles. The molecule has 50 heavy (non-hydrogen) atoms. The Labute approximate surface area is 310 Å². The molecule has 0 heterocycles. The Bertz CT molecular complexity index is 834. The number of phosphoric ester groups is 1. The fourth-order valence-electron chi connectivity index (χ4n) is 6.10. The van der Waals surface area contributed by atoms with Crippen LogP contribution in [0.2, 0.25) is 0 Å². The van der Waals surface area contributed by atoms with Gasteiger partial charge >= 0.3 is 7.82 Å². The number of hydrogen-bond donors (Lipinski definition) is 3. The Morgan fingerprint density at radius 2 is 1.08 bits per heavy atom. The molecule has 0 rings (SSSR count). The summed E-state index contributed by atoms with van der Waals surface area (Å²) in [6, 6.07) is -0.769. The van der Waals surface area contributed by atoms with Crippen LogP contribution in [-0.2, 0) is 18.4 Å². The molecule has 0 saturated carbocycles. The van der Waals surface area contributed by atoms with Crippen LogP contribution in [0.4, 0.5) is 0 Å². The van der Waals surface area contributed by atoms with Gasteiger partial charge in [0.2, 0.25) is 5.91 Å². The van der Waals surface area contributed by atoms with E-state index in [1.165, 1.54) is 122 Å². The van der Waals surface area contributed by atoms with Gasteiger partial charge in [-0.05, 0) is 38.5 Å². The van der Waals surface area contributed by atoms with Crippen LogP contribution in [-0.4, -0.2) is 73.4 Å². The predicted molar refractivity (Wildman–Crippen MR) is 212 cm³/mol. The third kappa shape index (κ3) is 35.6. The first-order chi connectivity index (χ1) is 24.0. The molecule has 298 valence electrons. The van der Waals surface area contributed by atoms with E-state index in [1.807, 2.05) is 21.1 Å². The fraction of sp³-hybridized carbons (Fsp3) is 0.927. The van der Waals surface area contributed by atoms with Crippen LogP contribution in [0.1, 0.15) is 194 Å². The molecule has 0 radical (unpaired) electrons. The lowest BCUT2D eigenvalue weighted by molar-refractivity contribution is -0.870. The first-order valence-corrected chi connectivity index (χ1v) is 22.5. The smallest absolute Gasteiger partial charge is 0.391 e. The highest BCUT2D eigenvalue weighted by atomic mass is 31.2. The molecule has 0 aromatic heterocycles. The first-order valence-electron chi connectivity index (χ1n) is 21.1. The zero-order valence-corrected chi connectivity index (χ0v) is 34.5. The lowest BCUT2D eigenvalue weighted by atomic mass is 10.0. The number of hydrogen-bond acceptors (Lipinski definition) is 5. The van der Waals surface area contributed by atoms with Crippen molar-refractivity contribution in [2.24, 2.45) is 0 Å². The second-order valence-corrected chi connectivity index (χ2v) is 17.2. The van der Waals surface area contributed by atoms with Crippen molar-refractivity contribution in [2.45, 2.75) is 206 Å². The van der Waals surface area contributed by atoms with E-state index in [1.54, 1.807) is 0 Å². The minimum atomic E-state index is -4.31. The van der Waals surface area contributed by atoms with Crippen LogP contribution < -0.4 is 5.32 Å². The normalized spacial score (nSPS) is 14.6. The molecule has 0 aromatic rings. The summed E-state index contributed by atoms with van der Waals surface area (Å²) in [6.07, 6.45) is 36.6. The van der Waals surface area contributed by atoms with E-state index in [0.29, 0.717) is 23.9 Å². The van der Waals surface area contributed by atoms with Gasteiger partial charge in [0, 0.05) is 6.42 Å². The highest BCUT2D eigenvalue weighted by Crippen LogP contribution is 2.43. The van der Waals surface area contributed by atoms with Gasteiger partial charge in [-0.3, -0.25) is 13.8 Å². The van der Waals surface area contributed by atoms with Crippen molar-refractivity contribution in [3.63, 3.8) is 0 Å². The zero-order valence-electron chi connectivity index (χ0n) is 33.7. The van der Waals surface area contributed by atoms with Gasteiger partial charge in [0.05, 0.1) is 39.9 Å². The molecule has 0 aliphatic carbocycles. The average molecular weight is 732 g/mol. The lowest BCUT2D eigenvalue weighted by Gasteiger charge is -2.26. The molecule has 9 heteroatoms. The van der Waals surface area contributed by atoms with Crippen LogP contribution in [0.3, 0.4) is 0 Å². The average Bonchev–Trinajstić information content (AvgIpc) is 3.06. The van der Waals surface area contributed by atoms with E-state index in [9.17, 15) is 19.4 Å². The number of quaternary nitrogens is 1. The third-order valence-corrected chi connectivity index (χ3v) is 10.5. The molecule has 1 amide bonds. The Kier molecular flexibility index (Phi) is 33.5. The Morgan fingerprint density at radius 3 is 1.54 bits per heavy atom. The number of carbonyl (C=O) groups excluding carboxylic acids is 1. The third-order valence-electron chi connectivity index (χ3n) is 9.51. The van der Waals surface area contributed by atoms with Crippen molar-refractivity contribution in [3.8, 4) is 0 Å². The van der Waals surface area contributed by atoms with E-state index in [2.05, 4.69) is 31.3 Å². The molecule has 0 fully saturated rings. The van der Waals surface area contributed by atoms with Gasteiger partial charge in [-0.15, -0.1) is 0 Å². The van der Waals surface area contributed by atoms with Gasteiger partial charge in [-0.1, -0.05) is 161 Å². The van der Waals surface area contributed by atoms with Gasteiger partial charge in [-0.2, -0.15) is 0 Å². The Balaban J connectivity index is 4.42. The second kappa shape index (κ2) is 34.0. The van der Waals surface area contributed by atoms with E-state index >= 15 is 0 Å². The first kappa shape index (κ1) is 49.2. The van der Waals surface area contributed by atoms with Gasteiger partial charge in [-0.25, -0.2) is 4.57 Å². The topological polar surface area (TPSA) is 105 Å². The molecule has 0 saturated heterocycles. The van der Waals surface area contributed by atoms with E-state index < -0.39 is 20.0 Å². The SMILES string of the molecule is CCCCCCCCCCCCC/C=C/CCCC[C@@H](O)[C@H](COP(=O)(O)OCC[N+](C)(C)C)NC(=O)CCCCCCCCCCCCC. The summed E-state index contributed by atoms with van der Waals surface area (Å²) in [5.41, 5.74) is 0. The number of allylic oxidation sites excluding steroid dienone is 2. The molecular formula is C41H84N2O6P+. The number of nitrogens with one attached hydrogen (secondary N) is 1. The van der Waals surface area contributed by atoms with Crippen molar-refractivity contribution in [1.29, 1.82) is 0 Å². The van der Waals surface area contributed by atoms with Gasteiger partial charge in [0.1, 0.15) is 13.2 Å². The van der Waals surface area contributed by atoms with Gasteiger partial charge in [0.15, 0.2) is 0 Å². The maximum atomic E-state index is 12.8. The van der Waals surface area contributed by atoms with Crippen molar-refractivity contribution >= 4 is 13.7 Å². The van der Waals surface area contributed by atoms with E-state index in [4.69, 9.17) is 9.05 Å². The number of carbonyl (C=O) groups is 1. The number of amides is 1. The largest absolute Gasteiger partial charge is 0.472 e. The number of unbranched alkanes of at least 4 members (excludes halogenated alkanes) is 23. The van der Waals surface area contributed by atoms with Crippen molar-refractivity contribution in [2.75, 3.05) is 40.9 Å². The quantitative estimate of drug-likeness (QED) is 0.0253. The number of likely N-dealkylation sites (N-methyl/N-ethyl adjacent to an activating group) is 1. The summed E-state index contributed by atoms with van der Waals surface area (Å²) in [5.74, 6) is -0.155. The number of aliphatic hydroxyl groups excluding tert-OH is 1. The molecule has 0 spiro atoms. The van der Waals surface area contributed by atoms with Crippen LogP contribution >= 0.6 is 7.82 Å². The van der Waals surface area contributed by atoms with Crippen LogP contribution in [0.15, 0.2) is 12.2 Å². The summed E-state index contributed by atoms with van der Waals surface area (Å²) in [5, 5.41) is 13.9. The number of aliphatic hydroxyl groups is 1. The number of nitrogens with zero attached hydrogens (tertiary/aromatic N) is 1. The summed E-state index contributed by atoms with van der Waals surface area (Å²) in [6.45, 7) is 4.86. The van der Waals surface area contributed by atoms with Crippen LogP contribution in [0.5, 0.6) is 0 Å². The molecule has 0 aromatic carbocycles. The molecule has 0 bridgehead atoms. The Hall–Kier alpha value is -0.760. The summed E-state index contributed by atoms with van der Waals surface area (Å²) < 4.78 is 23.5. The van der Waals surface area contributed by atoms with E-state index in [-0.39, 0.29) is 19.1 Å². The molecule has 1 unspecified atom stereocenters. The van der Waals surface area contributed by atoms with Crippen LogP contribution in [0.25, 0.3) is 0 Å². The number of phosphoric acid groups is 1. The monoisotopic (exact) mass is 732 g/mol. The fourth-order valence-corrected chi connectivity index (χ4v) is 6.83. The second-order valence-electron chi connectivity index (χ2n) is 15.7. The standard InChI is InChI=1S/C41H83N2O6P/c1-6-8-10-12-14-16-18-19-20-21-22-23-25-26-28-30-32-34-40(44)39(38-49-50(46,47)48-37-36-43(3,4)5)42-41(45)35-33-31-29-27-24-17-15-13-11-9-7-2/h25-26,39-40,44H,6-24,27-38H2,1-5H3,(H-,42,45,46,47)/p+1/b26-25+/t39-,40+/m0/s1. The van der Waals surface area contributed by atoms with Gasteiger partial charge < -0.3 is 19.8 Å². The van der Waals surface area contributed by atoms with Crippen molar-refractivity contribution in [3.05, 3.63) is 12.2 Å². The molecule has 8 nitrogen and oxygen atoms in total. The predicted octanol–water partition coefficient (Wildman–Crippen LogP) is 11.2. The summed E-state index contributed by atoms with van der Waals surface area (Å²) in [4.78, 5) is 23.0. The Morgan fingerprint density at radius 1 is 0.660 bits per heavy atom. The molecule has 3 atom stereocenters. The summed E-state index contributed by atoms with van der Waals surface area (Å²) >= 11 is 0. The molecule has 0 aliphatic rings. The molecule has 3 N–H and O–H groups in total. The van der Waals surface area contributed by atoms with Gasteiger partial charge in [0.25, 0.3) is 0 Å². The van der Waals surface area contributed by atoms with Crippen molar-refractivity contribution in [1.82, 2.24) is 5.32 Å². The summed E-state index contributed by atoms with van der Waals surface area (Å²) in [7, 11) is 1.60. The van der Waals surface area contributed by atoms with Crippen LogP contribution in [0, 0.1) is 0 Å². The lowest BCUT2D eigenvalue weighted by Crippen LogP contribution is -2.46. The number of rotatable bonds is 38. The minimum absolute atomic E-state index is 0.0719. The maximum absolute atomic E-state index is 12.8. The minimum Gasteiger partial charge on any atom is -0.391 e. The maximum Gasteiger partial charge on any atom is 0.472 e. The zero-order chi connectivity index (χ0) is 37.2. The highest BCUT2D eigenvalue weighted by molar-refractivity contribution is 7.47. The van der Waals surface area contributed by atoms with Crippen molar-refractivity contribution < 1.29 is 32.9 Å². The highest BCUT2D eigenvalue weighted by Gasteiger charge is 2.28. The molecular weight excluding hydrogens is 647 g/mol.